The van der Waals surface area contributed by atoms with Gasteiger partial charge in [0.1, 0.15) is 5.60 Å². The number of aliphatic hydroxyl groups is 1. The van der Waals surface area contributed by atoms with E-state index in [0.717, 1.165) is 12.3 Å². The Hall–Kier alpha value is -0.120. The summed E-state index contributed by atoms with van der Waals surface area (Å²) in [5.74, 6) is 0.874. The van der Waals surface area contributed by atoms with Crippen molar-refractivity contribution in [2.75, 3.05) is 13.2 Å². The lowest BCUT2D eigenvalue weighted by Gasteiger charge is -2.29. The van der Waals surface area contributed by atoms with Crippen molar-refractivity contribution in [1.82, 2.24) is 5.32 Å². The topological polar surface area (TPSA) is 41.5 Å². The first-order valence-corrected chi connectivity index (χ1v) is 7.17. The standard InChI is InChI=1S/C14H27NO2/c1-11-4-3-5-13(7-6-11)15-10-14(16)8-9-17-12(14)2/h11-13,15-16H,3-10H2,1-2H3. The lowest BCUT2D eigenvalue weighted by atomic mass is 9.95. The molecule has 0 spiro atoms. The molecular formula is C14H27NO2. The summed E-state index contributed by atoms with van der Waals surface area (Å²) in [7, 11) is 0. The molecular weight excluding hydrogens is 214 g/mol. The van der Waals surface area contributed by atoms with Crippen LogP contribution in [0.1, 0.15) is 52.4 Å². The minimum absolute atomic E-state index is 0.0281. The van der Waals surface area contributed by atoms with Gasteiger partial charge in [0.25, 0.3) is 0 Å². The van der Waals surface area contributed by atoms with Crippen molar-refractivity contribution >= 4 is 0 Å². The van der Waals surface area contributed by atoms with Crippen LogP contribution in [-0.2, 0) is 4.74 Å². The quantitative estimate of drug-likeness (QED) is 0.743. The Labute approximate surface area is 105 Å². The van der Waals surface area contributed by atoms with Gasteiger partial charge >= 0.3 is 0 Å². The number of hydrogen-bond acceptors (Lipinski definition) is 3. The third-order valence-corrected chi connectivity index (χ3v) is 4.61. The lowest BCUT2D eigenvalue weighted by Crippen LogP contribution is -2.48. The second kappa shape index (κ2) is 5.68. The average molecular weight is 241 g/mol. The van der Waals surface area contributed by atoms with E-state index in [1.54, 1.807) is 0 Å². The zero-order valence-corrected chi connectivity index (χ0v) is 11.2. The molecule has 2 fully saturated rings. The maximum atomic E-state index is 10.4. The van der Waals surface area contributed by atoms with Gasteiger partial charge in [-0.2, -0.15) is 0 Å². The highest BCUT2D eigenvalue weighted by atomic mass is 16.5. The summed E-state index contributed by atoms with van der Waals surface area (Å²) in [6.45, 7) is 5.71. The molecule has 0 aromatic heterocycles. The van der Waals surface area contributed by atoms with E-state index in [4.69, 9.17) is 4.74 Å². The highest BCUT2D eigenvalue weighted by Crippen LogP contribution is 2.26. The minimum atomic E-state index is -0.641. The molecule has 1 aliphatic carbocycles. The van der Waals surface area contributed by atoms with Gasteiger partial charge in [0.05, 0.1) is 6.10 Å². The smallest absolute Gasteiger partial charge is 0.105 e. The van der Waals surface area contributed by atoms with E-state index in [-0.39, 0.29) is 6.10 Å². The van der Waals surface area contributed by atoms with Gasteiger partial charge in [-0.3, -0.25) is 0 Å². The molecule has 17 heavy (non-hydrogen) atoms. The van der Waals surface area contributed by atoms with Crippen molar-refractivity contribution < 1.29 is 9.84 Å². The van der Waals surface area contributed by atoms with E-state index in [9.17, 15) is 5.11 Å². The van der Waals surface area contributed by atoms with Gasteiger partial charge in [-0.1, -0.05) is 19.8 Å². The zero-order chi connectivity index (χ0) is 12.3. The van der Waals surface area contributed by atoms with E-state index in [1.807, 2.05) is 6.92 Å². The molecule has 0 aromatic carbocycles. The first kappa shape index (κ1) is 13.3. The van der Waals surface area contributed by atoms with Crippen LogP contribution in [0.25, 0.3) is 0 Å². The first-order chi connectivity index (χ1) is 8.10. The van der Waals surface area contributed by atoms with Crippen molar-refractivity contribution in [3.8, 4) is 0 Å². The third kappa shape index (κ3) is 3.43. The number of ether oxygens (including phenoxy) is 1. The van der Waals surface area contributed by atoms with Crippen LogP contribution in [0, 0.1) is 5.92 Å². The summed E-state index contributed by atoms with van der Waals surface area (Å²) >= 11 is 0. The molecule has 3 nitrogen and oxygen atoms in total. The maximum Gasteiger partial charge on any atom is 0.105 e. The van der Waals surface area contributed by atoms with Crippen molar-refractivity contribution in [2.24, 2.45) is 5.92 Å². The minimum Gasteiger partial charge on any atom is -0.386 e. The summed E-state index contributed by atoms with van der Waals surface area (Å²) in [5, 5.41) is 14.0. The summed E-state index contributed by atoms with van der Waals surface area (Å²) in [4.78, 5) is 0. The lowest BCUT2D eigenvalue weighted by molar-refractivity contribution is -0.0279. The molecule has 4 atom stereocenters. The zero-order valence-electron chi connectivity index (χ0n) is 11.2. The molecule has 1 saturated carbocycles. The van der Waals surface area contributed by atoms with Crippen LogP contribution < -0.4 is 5.32 Å². The molecule has 2 aliphatic rings. The van der Waals surface area contributed by atoms with Crippen LogP contribution >= 0.6 is 0 Å². The Morgan fingerprint density at radius 3 is 2.76 bits per heavy atom. The van der Waals surface area contributed by atoms with E-state index in [0.29, 0.717) is 19.2 Å². The highest BCUT2D eigenvalue weighted by molar-refractivity contribution is 4.92. The normalized spacial score (nSPS) is 43.6. The fourth-order valence-electron chi connectivity index (χ4n) is 3.02. The van der Waals surface area contributed by atoms with Crippen LogP contribution in [0.3, 0.4) is 0 Å². The second-order valence-corrected chi connectivity index (χ2v) is 6.06. The van der Waals surface area contributed by atoms with Gasteiger partial charge in [0.15, 0.2) is 0 Å². The van der Waals surface area contributed by atoms with Crippen LogP contribution in [0.2, 0.25) is 0 Å². The average Bonchev–Trinajstić information content (AvgIpc) is 2.51. The monoisotopic (exact) mass is 241 g/mol. The molecule has 0 aromatic rings. The van der Waals surface area contributed by atoms with Gasteiger partial charge in [-0.05, 0) is 32.1 Å². The molecule has 0 amide bonds. The number of rotatable bonds is 3. The summed E-state index contributed by atoms with van der Waals surface area (Å²) in [5.41, 5.74) is -0.641. The van der Waals surface area contributed by atoms with E-state index < -0.39 is 5.60 Å². The van der Waals surface area contributed by atoms with Crippen molar-refractivity contribution in [1.29, 1.82) is 0 Å². The van der Waals surface area contributed by atoms with Crippen LogP contribution in [0.15, 0.2) is 0 Å². The van der Waals surface area contributed by atoms with Gasteiger partial charge in [-0.15, -0.1) is 0 Å². The molecule has 3 heteroatoms. The Bertz CT molecular complexity index is 246. The number of nitrogens with one attached hydrogen (secondary N) is 1. The van der Waals surface area contributed by atoms with Crippen LogP contribution in [0.5, 0.6) is 0 Å². The van der Waals surface area contributed by atoms with Crippen LogP contribution in [-0.4, -0.2) is 36.0 Å². The molecule has 0 bridgehead atoms. The Balaban J connectivity index is 1.77. The number of hydrogen-bond donors (Lipinski definition) is 2. The Morgan fingerprint density at radius 1 is 1.24 bits per heavy atom. The SMILES string of the molecule is CC1CCCC(NCC2(O)CCOC2C)CC1. The fraction of sp³-hybridized carbons (Fsp3) is 1.00. The fourth-order valence-corrected chi connectivity index (χ4v) is 3.02. The van der Waals surface area contributed by atoms with Gasteiger partial charge < -0.3 is 15.2 Å². The first-order valence-electron chi connectivity index (χ1n) is 7.17. The maximum absolute atomic E-state index is 10.4. The van der Waals surface area contributed by atoms with Crippen molar-refractivity contribution in [2.45, 2.75) is 70.1 Å². The van der Waals surface area contributed by atoms with Crippen molar-refractivity contribution in [3.63, 3.8) is 0 Å². The largest absolute Gasteiger partial charge is 0.386 e. The molecule has 1 heterocycles. The molecule has 2 rings (SSSR count). The summed E-state index contributed by atoms with van der Waals surface area (Å²) < 4.78 is 5.46. The highest BCUT2D eigenvalue weighted by Gasteiger charge is 2.39. The van der Waals surface area contributed by atoms with Gasteiger partial charge in [0.2, 0.25) is 0 Å². The van der Waals surface area contributed by atoms with Crippen molar-refractivity contribution in [3.05, 3.63) is 0 Å². The van der Waals surface area contributed by atoms with Crippen LogP contribution in [0.4, 0.5) is 0 Å². The molecule has 100 valence electrons. The molecule has 0 radical (unpaired) electrons. The van der Waals surface area contributed by atoms with Gasteiger partial charge in [0, 0.05) is 25.6 Å². The molecule has 1 saturated heterocycles. The predicted molar refractivity (Wildman–Crippen MR) is 69.0 cm³/mol. The van der Waals surface area contributed by atoms with E-state index in [1.165, 1.54) is 32.1 Å². The molecule has 1 aliphatic heterocycles. The second-order valence-electron chi connectivity index (χ2n) is 6.06. The molecule has 4 unspecified atom stereocenters. The summed E-state index contributed by atoms with van der Waals surface area (Å²) in [6, 6.07) is 0.594. The Kier molecular flexibility index (Phi) is 4.45. The molecule has 2 N–H and O–H groups in total. The summed E-state index contributed by atoms with van der Waals surface area (Å²) in [6.07, 6.45) is 7.26. The Morgan fingerprint density at radius 2 is 2.06 bits per heavy atom. The third-order valence-electron chi connectivity index (χ3n) is 4.61. The predicted octanol–water partition coefficient (Wildman–Crippen LogP) is 2.08. The van der Waals surface area contributed by atoms with E-state index >= 15 is 0 Å². The van der Waals surface area contributed by atoms with Gasteiger partial charge in [-0.25, -0.2) is 0 Å². The van der Waals surface area contributed by atoms with E-state index in [2.05, 4.69) is 12.2 Å².